The van der Waals surface area contributed by atoms with Crippen molar-refractivity contribution in [1.29, 1.82) is 5.41 Å². The largest absolute Gasteiger partial charge is 0.474 e. The zero-order valence-electron chi connectivity index (χ0n) is 12.3. The number of rotatable bonds is 3. The molecule has 3 N–H and O–H groups in total. The molecule has 0 radical (unpaired) electrons. The van der Waals surface area contributed by atoms with Crippen molar-refractivity contribution >= 4 is 16.7 Å². The van der Waals surface area contributed by atoms with E-state index < -0.39 is 0 Å². The van der Waals surface area contributed by atoms with Crippen molar-refractivity contribution in [1.82, 2.24) is 4.98 Å². The number of amidine groups is 1. The van der Waals surface area contributed by atoms with E-state index in [2.05, 4.69) is 11.9 Å². The van der Waals surface area contributed by atoms with Crippen molar-refractivity contribution in [2.45, 2.75) is 38.7 Å². The number of pyridine rings is 1. The van der Waals surface area contributed by atoms with Gasteiger partial charge >= 0.3 is 0 Å². The Hall–Kier alpha value is -2.10. The lowest BCUT2D eigenvalue weighted by Gasteiger charge is -2.29. The summed E-state index contributed by atoms with van der Waals surface area (Å²) in [5.74, 6) is 1.18. The van der Waals surface area contributed by atoms with Crippen molar-refractivity contribution in [3.63, 3.8) is 0 Å². The van der Waals surface area contributed by atoms with Crippen LogP contribution >= 0.6 is 0 Å². The summed E-state index contributed by atoms with van der Waals surface area (Å²) in [6, 6.07) is 9.53. The lowest BCUT2D eigenvalue weighted by atomic mass is 9.88. The normalized spacial score (nSPS) is 22.1. The van der Waals surface area contributed by atoms with E-state index in [1.54, 1.807) is 6.07 Å². The van der Waals surface area contributed by atoms with Crippen LogP contribution in [0.1, 0.15) is 38.2 Å². The van der Waals surface area contributed by atoms with E-state index in [-0.39, 0.29) is 11.9 Å². The molecular weight excluding hydrogens is 262 g/mol. The molecule has 1 aromatic carbocycles. The Kier molecular flexibility index (Phi) is 3.78. The first-order valence-corrected chi connectivity index (χ1v) is 7.56. The second-order valence-corrected chi connectivity index (χ2v) is 5.86. The van der Waals surface area contributed by atoms with Gasteiger partial charge in [0.2, 0.25) is 5.88 Å². The van der Waals surface area contributed by atoms with Crippen molar-refractivity contribution in [3.05, 3.63) is 35.9 Å². The maximum Gasteiger partial charge on any atom is 0.214 e. The molecule has 0 amide bonds. The summed E-state index contributed by atoms with van der Waals surface area (Å²) < 4.78 is 6.10. The van der Waals surface area contributed by atoms with Crippen LogP contribution in [0.3, 0.4) is 0 Å². The van der Waals surface area contributed by atoms with E-state index in [0.29, 0.717) is 17.4 Å². The van der Waals surface area contributed by atoms with Gasteiger partial charge in [-0.25, -0.2) is 4.98 Å². The molecule has 2 unspecified atom stereocenters. The highest BCUT2D eigenvalue weighted by molar-refractivity contribution is 6.06. The highest BCUT2D eigenvalue weighted by Gasteiger charge is 2.23. The number of benzene rings is 1. The van der Waals surface area contributed by atoms with Crippen molar-refractivity contribution in [2.24, 2.45) is 11.7 Å². The molecule has 1 aliphatic rings. The van der Waals surface area contributed by atoms with E-state index in [0.717, 1.165) is 17.3 Å². The fourth-order valence-electron chi connectivity index (χ4n) is 3.05. The van der Waals surface area contributed by atoms with E-state index >= 15 is 0 Å². The van der Waals surface area contributed by atoms with Crippen LogP contribution in [0.15, 0.2) is 30.3 Å². The number of nitrogens with one attached hydrogen (secondary N) is 1. The fraction of sp³-hybridized carbons (Fsp3) is 0.412. The molecule has 1 saturated carbocycles. The summed E-state index contributed by atoms with van der Waals surface area (Å²) >= 11 is 0. The van der Waals surface area contributed by atoms with Gasteiger partial charge in [0.15, 0.2) is 0 Å². The molecule has 0 saturated heterocycles. The summed E-state index contributed by atoms with van der Waals surface area (Å²) in [7, 11) is 0. The van der Waals surface area contributed by atoms with Crippen molar-refractivity contribution < 1.29 is 4.74 Å². The van der Waals surface area contributed by atoms with Gasteiger partial charge in [-0.2, -0.15) is 0 Å². The Labute approximate surface area is 124 Å². The first-order chi connectivity index (χ1) is 10.1. The van der Waals surface area contributed by atoms with Crippen molar-refractivity contribution in [2.75, 3.05) is 0 Å². The predicted molar refractivity (Wildman–Crippen MR) is 84.8 cm³/mol. The minimum atomic E-state index is 0.0511. The first kappa shape index (κ1) is 13.9. The average molecular weight is 283 g/mol. The lowest BCUT2D eigenvalue weighted by Crippen LogP contribution is -2.28. The zero-order valence-corrected chi connectivity index (χ0v) is 12.3. The molecule has 3 rings (SSSR count). The molecule has 2 atom stereocenters. The van der Waals surface area contributed by atoms with Crippen LogP contribution in [0.5, 0.6) is 5.88 Å². The minimum absolute atomic E-state index is 0.0511. The third-order valence-electron chi connectivity index (χ3n) is 4.29. The summed E-state index contributed by atoms with van der Waals surface area (Å²) in [6.07, 6.45) is 4.99. The summed E-state index contributed by atoms with van der Waals surface area (Å²) in [4.78, 5) is 4.57. The van der Waals surface area contributed by atoms with Gasteiger partial charge in [-0.05, 0) is 31.2 Å². The number of fused-ring (bicyclic) bond motifs is 1. The molecule has 4 nitrogen and oxygen atoms in total. The number of hydrogen-bond acceptors (Lipinski definition) is 3. The average Bonchev–Trinajstić information content (AvgIpc) is 2.48. The van der Waals surface area contributed by atoms with E-state index in [9.17, 15) is 0 Å². The van der Waals surface area contributed by atoms with E-state index in [4.69, 9.17) is 15.9 Å². The SMILES string of the molecule is CC1CCCCC1Oc1cc(C(=N)N)c2ccccc2n1. The Morgan fingerprint density at radius 2 is 2.05 bits per heavy atom. The molecule has 0 spiro atoms. The monoisotopic (exact) mass is 283 g/mol. The molecule has 2 aromatic rings. The van der Waals surface area contributed by atoms with Crippen LogP contribution in [0.2, 0.25) is 0 Å². The quantitative estimate of drug-likeness (QED) is 0.669. The predicted octanol–water partition coefficient (Wildman–Crippen LogP) is 3.48. The first-order valence-electron chi connectivity index (χ1n) is 7.56. The topological polar surface area (TPSA) is 72.0 Å². The molecule has 1 heterocycles. The number of para-hydroxylation sites is 1. The van der Waals surface area contributed by atoms with Crippen LogP contribution in [0.4, 0.5) is 0 Å². The van der Waals surface area contributed by atoms with Gasteiger partial charge in [-0.1, -0.05) is 31.5 Å². The molecule has 4 heteroatoms. The van der Waals surface area contributed by atoms with Crippen LogP contribution in [-0.2, 0) is 0 Å². The minimum Gasteiger partial charge on any atom is -0.474 e. The van der Waals surface area contributed by atoms with Crippen LogP contribution < -0.4 is 10.5 Å². The van der Waals surface area contributed by atoms with Gasteiger partial charge in [-0.3, -0.25) is 5.41 Å². The number of nitrogen functional groups attached to an aromatic ring is 1. The second kappa shape index (κ2) is 5.72. The van der Waals surface area contributed by atoms with Crippen LogP contribution in [0, 0.1) is 11.3 Å². The fourth-order valence-corrected chi connectivity index (χ4v) is 3.05. The zero-order chi connectivity index (χ0) is 14.8. The smallest absolute Gasteiger partial charge is 0.214 e. The highest BCUT2D eigenvalue weighted by atomic mass is 16.5. The molecular formula is C17H21N3O. The molecule has 21 heavy (non-hydrogen) atoms. The van der Waals surface area contributed by atoms with Gasteiger partial charge in [-0.15, -0.1) is 0 Å². The summed E-state index contributed by atoms with van der Waals surface area (Å²) in [5, 5.41) is 8.66. The third-order valence-corrected chi connectivity index (χ3v) is 4.29. The molecule has 1 aromatic heterocycles. The lowest BCUT2D eigenvalue weighted by molar-refractivity contribution is 0.0980. The molecule has 0 bridgehead atoms. The molecule has 1 fully saturated rings. The standard InChI is InChI=1S/C17H21N3O/c1-11-6-2-5-9-15(11)21-16-10-13(17(18)19)12-7-3-4-8-14(12)20-16/h3-4,7-8,10-11,15H,2,5-6,9H2,1H3,(H3,18,19). The number of aromatic nitrogens is 1. The molecule has 1 aliphatic carbocycles. The maximum absolute atomic E-state index is 7.77. The van der Waals surface area contributed by atoms with Crippen LogP contribution in [-0.4, -0.2) is 16.9 Å². The van der Waals surface area contributed by atoms with Crippen LogP contribution in [0.25, 0.3) is 10.9 Å². The number of nitrogens with two attached hydrogens (primary N) is 1. The maximum atomic E-state index is 7.77. The van der Waals surface area contributed by atoms with Gasteiger partial charge in [0.05, 0.1) is 5.52 Å². The Morgan fingerprint density at radius 1 is 1.29 bits per heavy atom. The highest BCUT2D eigenvalue weighted by Crippen LogP contribution is 2.29. The number of nitrogens with zero attached hydrogens (tertiary/aromatic N) is 1. The Balaban J connectivity index is 1.97. The molecule has 0 aliphatic heterocycles. The van der Waals surface area contributed by atoms with Gasteiger partial charge in [0.25, 0.3) is 0 Å². The number of hydrogen-bond donors (Lipinski definition) is 2. The summed E-state index contributed by atoms with van der Waals surface area (Å²) in [6.45, 7) is 2.23. The van der Waals surface area contributed by atoms with E-state index in [1.165, 1.54) is 19.3 Å². The summed E-state index contributed by atoms with van der Waals surface area (Å²) in [5.41, 5.74) is 7.23. The van der Waals surface area contributed by atoms with Gasteiger partial charge in [0, 0.05) is 17.0 Å². The Bertz CT molecular complexity index is 668. The van der Waals surface area contributed by atoms with Gasteiger partial charge < -0.3 is 10.5 Å². The number of ether oxygens (including phenoxy) is 1. The van der Waals surface area contributed by atoms with Crippen molar-refractivity contribution in [3.8, 4) is 5.88 Å². The van der Waals surface area contributed by atoms with E-state index in [1.807, 2.05) is 24.3 Å². The van der Waals surface area contributed by atoms with Gasteiger partial charge in [0.1, 0.15) is 11.9 Å². The third kappa shape index (κ3) is 2.84. The molecule has 110 valence electrons. The second-order valence-electron chi connectivity index (χ2n) is 5.86. The Morgan fingerprint density at radius 3 is 2.81 bits per heavy atom.